The average Bonchev–Trinajstić information content (AvgIpc) is 2.85. The molecular formula is C27H38N4O3. The molecule has 2 N–H and O–H groups in total. The third-order valence-electron chi connectivity index (χ3n) is 7.06. The lowest BCUT2D eigenvalue weighted by molar-refractivity contribution is -0.128. The van der Waals surface area contributed by atoms with Crippen molar-refractivity contribution in [3.05, 3.63) is 59.7 Å². The van der Waals surface area contributed by atoms with Crippen LogP contribution in [-0.2, 0) is 17.9 Å². The second-order valence-corrected chi connectivity index (χ2v) is 9.83. The number of nitrogens with zero attached hydrogens (tertiary/aromatic N) is 3. The van der Waals surface area contributed by atoms with E-state index in [9.17, 15) is 9.90 Å². The normalized spacial score (nSPS) is 22.4. The number of nitrogens with one attached hydrogen (secondary N) is 1. The van der Waals surface area contributed by atoms with Crippen LogP contribution in [0.15, 0.2) is 48.5 Å². The Kier molecular flexibility index (Phi) is 8.43. The number of benzene rings is 2. The van der Waals surface area contributed by atoms with Crippen LogP contribution in [0.1, 0.15) is 17.5 Å². The van der Waals surface area contributed by atoms with Gasteiger partial charge in [0.2, 0.25) is 5.91 Å². The molecule has 2 saturated heterocycles. The van der Waals surface area contributed by atoms with Crippen LogP contribution in [0.25, 0.3) is 0 Å². The molecule has 2 aromatic carbocycles. The molecule has 2 aliphatic heterocycles. The molecule has 0 saturated carbocycles. The Balaban J connectivity index is 1.38. The van der Waals surface area contributed by atoms with Crippen molar-refractivity contribution in [1.29, 1.82) is 0 Å². The quantitative estimate of drug-likeness (QED) is 0.623. The fraction of sp³-hybridized carbons (Fsp3) is 0.519. The zero-order chi connectivity index (χ0) is 23.9. The summed E-state index contributed by atoms with van der Waals surface area (Å²) in [7, 11) is 3.84. The number of phenols is 1. The van der Waals surface area contributed by atoms with Crippen molar-refractivity contribution in [1.82, 2.24) is 20.0 Å². The highest BCUT2D eigenvalue weighted by atomic mass is 16.5. The van der Waals surface area contributed by atoms with Gasteiger partial charge in [-0.1, -0.05) is 24.3 Å². The maximum Gasteiger partial charge on any atom is 0.224 e. The van der Waals surface area contributed by atoms with Crippen molar-refractivity contribution in [3.63, 3.8) is 0 Å². The van der Waals surface area contributed by atoms with E-state index >= 15 is 0 Å². The fourth-order valence-corrected chi connectivity index (χ4v) is 5.09. The van der Waals surface area contributed by atoms with Crippen LogP contribution < -0.4 is 10.1 Å². The van der Waals surface area contributed by atoms with Gasteiger partial charge in [0.15, 0.2) is 0 Å². The fourth-order valence-electron chi connectivity index (χ4n) is 5.09. The van der Waals surface area contributed by atoms with Gasteiger partial charge >= 0.3 is 0 Å². The molecule has 34 heavy (non-hydrogen) atoms. The molecule has 2 fully saturated rings. The lowest BCUT2D eigenvalue weighted by Gasteiger charge is -2.41. The van der Waals surface area contributed by atoms with E-state index in [1.54, 1.807) is 19.2 Å². The summed E-state index contributed by atoms with van der Waals surface area (Å²) in [6.07, 6.45) is 0.923. The van der Waals surface area contributed by atoms with Gasteiger partial charge in [-0.3, -0.25) is 9.69 Å². The van der Waals surface area contributed by atoms with E-state index in [0.717, 1.165) is 75.7 Å². The first kappa shape index (κ1) is 24.5. The number of phenolic OH excluding ortho intramolecular Hbond substituents is 1. The molecule has 7 heteroatoms. The number of piperidine rings is 1. The van der Waals surface area contributed by atoms with E-state index in [1.807, 2.05) is 36.4 Å². The summed E-state index contributed by atoms with van der Waals surface area (Å²) < 4.78 is 5.22. The Morgan fingerprint density at radius 3 is 2.32 bits per heavy atom. The molecule has 2 heterocycles. The third kappa shape index (κ3) is 6.95. The summed E-state index contributed by atoms with van der Waals surface area (Å²) in [5, 5.41) is 12.8. The van der Waals surface area contributed by atoms with Crippen LogP contribution in [-0.4, -0.2) is 85.7 Å². The largest absolute Gasteiger partial charge is 0.508 e. The molecule has 0 radical (unpaired) electrons. The number of likely N-dealkylation sites (tertiary alicyclic amines) is 1. The van der Waals surface area contributed by atoms with Gasteiger partial charge < -0.3 is 25.0 Å². The predicted octanol–water partition coefficient (Wildman–Crippen LogP) is 2.40. The number of methoxy groups -OCH3 is 1. The number of hydrogen-bond donors (Lipinski definition) is 2. The van der Waals surface area contributed by atoms with E-state index < -0.39 is 0 Å². The van der Waals surface area contributed by atoms with E-state index in [0.29, 0.717) is 12.5 Å². The van der Waals surface area contributed by atoms with Gasteiger partial charge in [0.05, 0.1) is 13.0 Å². The maximum absolute atomic E-state index is 13.2. The zero-order valence-electron chi connectivity index (χ0n) is 20.4. The van der Waals surface area contributed by atoms with Gasteiger partial charge in [0.1, 0.15) is 11.5 Å². The molecule has 2 atom stereocenters. The minimum atomic E-state index is -0.0263. The van der Waals surface area contributed by atoms with Gasteiger partial charge in [0.25, 0.3) is 0 Å². The third-order valence-corrected chi connectivity index (χ3v) is 7.06. The second kappa shape index (κ2) is 11.7. The van der Waals surface area contributed by atoms with Crippen LogP contribution in [0.5, 0.6) is 11.5 Å². The summed E-state index contributed by atoms with van der Waals surface area (Å²) in [6, 6.07) is 15.2. The van der Waals surface area contributed by atoms with Crippen LogP contribution in [0.4, 0.5) is 0 Å². The summed E-state index contributed by atoms with van der Waals surface area (Å²) in [5.41, 5.74) is 2.23. The molecule has 0 aromatic heterocycles. The Morgan fingerprint density at radius 2 is 1.65 bits per heavy atom. The smallest absolute Gasteiger partial charge is 0.224 e. The molecule has 2 aliphatic rings. The molecule has 184 valence electrons. The predicted molar refractivity (Wildman–Crippen MR) is 134 cm³/mol. The highest BCUT2D eigenvalue weighted by molar-refractivity contribution is 5.79. The zero-order valence-corrected chi connectivity index (χ0v) is 20.4. The second-order valence-electron chi connectivity index (χ2n) is 9.83. The van der Waals surface area contributed by atoms with Crippen molar-refractivity contribution < 1.29 is 14.6 Å². The number of hydrogen-bond acceptors (Lipinski definition) is 6. The molecule has 1 amide bonds. The molecule has 7 nitrogen and oxygen atoms in total. The number of likely N-dealkylation sites (N-methyl/N-ethyl adjacent to an activating group) is 1. The molecule has 2 aromatic rings. The number of carbonyl (C=O) groups is 1. The number of ether oxygens (including phenoxy) is 1. The molecule has 4 rings (SSSR count). The number of piperazine rings is 1. The van der Waals surface area contributed by atoms with Crippen molar-refractivity contribution in [2.45, 2.75) is 19.5 Å². The number of rotatable bonds is 8. The van der Waals surface area contributed by atoms with Gasteiger partial charge in [-0.05, 0) is 54.8 Å². The lowest BCUT2D eigenvalue weighted by atomic mass is 9.87. The van der Waals surface area contributed by atoms with Crippen molar-refractivity contribution in [3.8, 4) is 11.5 Å². The highest BCUT2D eigenvalue weighted by Crippen LogP contribution is 2.26. The van der Waals surface area contributed by atoms with Gasteiger partial charge in [-0.25, -0.2) is 0 Å². The van der Waals surface area contributed by atoms with Crippen LogP contribution in [0, 0.1) is 11.8 Å². The maximum atomic E-state index is 13.2. The lowest BCUT2D eigenvalue weighted by Crippen LogP contribution is -2.51. The summed E-state index contributed by atoms with van der Waals surface area (Å²) in [4.78, 5) is 20.5. The SMILES string of the molecule is COc1ccc(CNC(=O)[C@@H]2C[C@H](CN3CCN(C)CC3)CN(Cc3ccc(O)cc3)C2)cc1. The first-order valence-electron chi connectivity index (χ1n) is 12.3. The standard InChI is InChI=1S/C27H38N4O3/c1-29-11-13-30(14-12-29)18-23-15-24(20-31(19-23)17-22-3-7-25(32)8-4-22)27(33)28-16-21-5-9-26(34-2)10-6-21/h3-10,23-24,32H,11-20H2,1-2H3,(H,28,33)/t23-,24-/m1/s1. The molecular weight excluding hydrogens is 428 g/mol. The van der Waals surface area contributed by atoms with Gasteiger partial charge in [-0.15, -0.1) is 0 Å². The summed E-state index contributed by atoms with van der Waals surface area (Å²) in [5.74, 6) is 1.67. The molecule has 0 aliphatic carbocycles. The number of carbonyl (C=O) groups excluding carboxylic acids is 1. The summed E-state index contributed by atoms with van der Waals surface area (Å²) >= 11 is 0. The van der Waals surface area contributed by atoms with Crippen LogP contribution in [0.2, 0.25) is 0 Å². The van der Waals surface area contributed by atoms with E-state index in [2.05, 4.69) is 27.1 Å². The minimum absolute atomic E-state index is 0.0263. The first-order chi connectivity index (χ1) is 16.5. The van der Waals surface area contributed by atoms with Crippen LogP contribution in [0.3, 0.4) is 0 Å². The average molecular weight is 467 g/mol. The number of aromatic hydroxyl groups is 1. The van der Waals surface area contributed by atoms with E-state index in [-0.39, 0.29) is 17.6 Å². The topological polar surface area (TPSA) is 68.3 Å². The van der Waals surface area contributed by atoms with E-state index in [4.69, 9.17) is 4.74 Å². The molecule has 0 unspecified atom stereocenters. The first-order valence-corrected chi connectivity index (χ1v) is 12.3. The molecule has 0 bridgehead atoms. The van der Waals surface area contributed by atoms with Crippen molar-refractivity contribution >= 4 is 5.91 Å². The highest BCUT2D eigenvalue weighted by Gasteiger charge is 2.33. The minimum Gasteiger partial charge on any atom is -0.508 e. The van der Waals surface area contributed by atoms with Gasteiger partial charge in [0, 0.05) is 58.9 Å². The monoisotopic (exact) mass is 466 g/mol. The van der Waals surface area contributed by atoms with E-state index in [1.165, 1.54) is 0 Å². The van der Waals surface area contributed by atoms with Crippen molar-refractivity contribution in [2.24, 2.45) is 11.8 Å². The Hall–Kier alpha value is -2.61. The summed E-state index contributed by atoms with van der Waals surface area (Å²) in [6.45, 7) is 8.53. The Morgan fingerprint density at radius 1 is 0.971 bits per heavy atom. The molecule has 0 spiro atoms. The Bertz CT molecular complexity index is 910. The van der Waals surface area contributed by atoms with Crippen molar-refractivity contribution in [2.75, 3.05) is 60.0 Å². The Labute approximate surface area is 203 Å². The van der Waals surface area contributed by atoms with Gasteiger partial charge in [-0.2, -0.15) is 0 Å². The van der Waals surface area contributed by atoms with Crippen LogP contribution >= 0.6 is 0 Å². The number of amides is 1.